The predicted molar refractivity (Wildman–Crippen MR) is 77.8 cm³/mol. The second-order valence-corrected chi connectivity index (χ2v) is 8.09. The van der Waals surface area contributed by atoms with E-state index in [1.807, 2.05) is 0 Å². The number of nitrogens with zero attached hydrogens (tertiary/aromatic N) is 1. The number of allylic oxidation sites excluding steroid dienone is 2. The zero-order valence-corrected chi connectivity index (χ0v) is 12.3. The summed E-state index contributed by atoms with van der Waals surface area (Å²) in [5.74, 6) is 0. The molecular formula is C15H21NSi. The molecule has 1 aromatic carbocycles. The molecule has 0 amide bonds. The third-order valence-electron chi connectivity index (χ3n) is 3.44. The van der Waals surface area contributed by atoms with E-state index < -0.39 is 8.80 Å². The second-order valence-electron chi connectivity index (χ2n) is 5.11. The fourth-order valence-corrected chi connectivity index (χ4v) is 3.31. The summed E-state index contributed by atoms with van der Waals surface area (Å²) in [6.45, 7) is 6.93. The smallest absolute Gasteiger partial charge is 0.0723 e. The SMILES string of the molecule is Cc1ccccc1C1C=CC([SiH](C)C)=CN1C. The third kappa shape index (κ3) is 2.52. The summed E-state index contributed by atoms with van der Waals surface area (Å²) < 4.78 is 0. The quantitative estimate of drug-likeness (QED) is 0.719. The van der Waals surface area contributed by atoms with E-state index in [9.17, 15) is 0 Å². The number of hydrogen-bond donors (Lipinski definition) is 0. The van der Waals surface area contributed by atoms with Crippen LogP contribution in [0.5, 0.6) is 0 Å². The fourth-order valence-electron chi connectivity index (χ4n) is 2.28. The van der Waals surface area contributed by atoms with Crippen molar-refractivity contribution in [2.24, 2.45) is 0 Å². The van der Waals surface area contributed by atoms with Crippen LogP contribution in [0.4, 0.5) is 0 Å². The average Bonchev–Trinajstić information content (AvgIpc) is 2.30. The number of hydrogen-bond acceptors (Lipinski definition) is 1. The van der Waals surface area contributed by atoms with E-state index in [2.05, 4.69) is 74.6 Å². The Morgan fingerprint density at radius 1 is 1.18 bits per heavy atom. The highest BCUT2D eigenvalue weighted by Crippen LogP contribution is 2.28. The van der Waals surface area contributed by atoms with Crippen molar-refractivity contribution in [2.75, 3.05) is 7.05 Å². The van der Waals surface area contributed by atoms with Gasteiger partial charge in [0.1, 0.15) is 0 Å². The first-order valence-electron chi connectivity index (χ1n) is 6.27. The van der Waals surface area contributed by atoms with Crippen molar-refractivity contribution in [1.82, 2.24) is 4.90 Å². The highest BCUT2D eigenvalue weighted by Gasteiger charge is 2.18. The van der Waals surface area contributed by atoms with Crippen LogP contribution in [-0.2, 0) is 0 Å². The summed E-state index contributed by atoms with van der Waals surface area (Å²) in [5, 5.41) is 1.54. The van der Waals surface area contributed by atoms with Crippen LogP contribution in [0.3, 0.4) is 0 Å². The monoisotopic (exact) mass is 243 g/mol. The molecule has 0 radical (unpaired) electrons. The summed E-state index contributed by atoms with van der Waals surface area (Å²) in [6, 6.07) is 9.04. The van der Waals surface area contributed by atoms with Gasteiger partial charge in [-0.3, -0.25) is 0 Å². The van der Waals surface area contributed by atoms with Gasteiger partial charge in [-0.2, -0.15) is 0 Å². The van der Waals surface area contributed by atoms with E-state index in [0.29, 0.717) is 6.04 Å². The largest absolute Gasteiger partial charge is 0.370 e. The van der Waals surface area contributed by atoms with Gasteiger partial charge in [0.2, 0.25) is 0 Å². The van der Waals surface area contributed by atoms with Gasteiger partial charge in [0.15, 0.2) is 0 Å². The van der Waals surface area contributed by atoms with Crippen LogP contribution >= 0.6 is 0 Å². The Labute approximate surface area is 106 Å². The maximum absolute atomic E-state index is 2.37. The minimum absolute atomic E-state index is 0.396. The summed E-state index contributed by atoms with van der Waals surface area (Å²) in [7, 11) is 1.49. The molecule has 0 N–H and O–H groups in total. The molecule has 2 heteroatoms. The Hall–Kier alpha value is -1.28. The van der Waals surface area contributed by atoms with Crippen LogP contribution in [0.15, 0.2) is 47.8 Å². The second kappa shape index (κ2) is 4.92. The average molecular weight is 243 g/mol. The first kappa shape index (κ1) is 12.2. The molecule has 0 aliphatic carbocycles. The van der Waals surface area contributed by atoms with Crippen molar-refractivity contribution in [3.63, 3.8) is 0 Å². The summed E-state index contributed by atoms with van der Waals surface area (Å²) in [5.41, 5.74) is 2.78. The summed E-state index contributed by atoms with van der Waals surface area (Å²) in [4.78, 5) is 2.34. The highest BCUT2D eigenvalue weighted by molar-refractivity contribution is 6.64. The summed E-state index contributed by atoms with van der Waals surface area (Å²) in [6.07, 6.45) is 6.99. The maximum Gasteiger partial charge on any atom is 0.0723 e. The first-order valence-corrected chi connectivity index (χ1v) is 9.15. The first-order chi connectivity index (χ1) is 8.09. The van der Waals surface area contributed by atoms with Crippen molar-refractivity contribution in [3.8, 4) is 0 Å². The topological polar surface area (TPSA) is 3.24 Å². The van der Waals surface area contributed by atoms with Crippen molar-refractivity contribution < 1.29 is 0 Å². The molecule has 0 aromatic heterocycles. The minimum atomic E-state index is -0.691. The third-order valence-corrected chi connectivity index (χ3v) is 5.11. The molecule has 1 unspecified atom stereocenters. The molecule has 1 aliphatic rings. The molecule has 0 fully saturated rings. The normalized spacial score (nSPS) is 19.7. The molecule has 2 rings (SSSR count). The van der Waals surface area contributed by atoms with Gasteiger partial charge in [-0.05, 0) is 29.4 Å². The standard InChI is InChI=1S/C15H21NSi/c1-12-7-5-6-8-14(12)15-10-9-13(17(3)4)11-16(15)2/h5-11,15,17H,1-4H3. The molecule has 17 heavy (non-hydrogen) atoms. The maximum atomic E-state index is 2.37. The zero-order valence-electron chi connectivity index (χ0n) is 11.1. The van der Waals surface area contributed by atoms with Crippen LogP contribution in [0.25, 0.3) is 0 Å². The van der Waals surface area contributed by atoms with Gasteiger partial charge in [0, 0.05) is 7.05 Å². The Balaban J connectivity index is 2.28. The van der Waals surface area contributed by atoms with Gasteiger partial charge in [-0.1, -0.05) is 49.5 Å². The number of aryl methyl sites for hydroxylation is 1. The number of rotatable bonds is 2. The molecule has 1 heterocycles. The number of likely N-dealkylation sites (N-methyl/N-ethyl adjacent to an activating group) is 1. The van der Waals surface area contributed by atoms with Gasteiger partial charge >= 0.3 is 0 Å². The molecule has 0 bridgehead atoms. The van der Waals surface area contributed by atoms with Crippen LogP contribution in [0.1, 0.15) is 17.2 Å². The van der Waals surface area contributed by atoms with Gasteiger partial charge in [0.25, 0.3) is 0 Å². The lowest BCUT2D eigenvalue weighted by Crippen LogP contribution is -2.23. The van der Waals surface area contributed by atoms with E-state index in [-0.39, 0.29) is 0 Å². The van der Waals surface area contributed by atoms with Crippen LogP contribution in [0, 0.1) is 6.92 Å². The molecule has 1 nitrogen and oxygen atoms in total. The predicted octanol–water partition coefficient (Wildman–Crippen LogP) is 3.45. The van der Waals surface area contributed by atoms with Gasteiger partial charge in [-0.25, -0.2) is 0 Å². The lowest BCUT2D eigenvalue weighted by Gasteiger charge is -2.30. The van der Waals surface area contributed by atoms with E-state index in [0.717, 1.165) is 0 Å². The fraction of sp³-hybridized carbons (Fsp3) is 0.333. The Kier molecular flexibility index (Phi) is 3.53. The molecule has 1 aliphatic heterocycles. The molecule has 0 saturated heterocycles. The Bertz CT molecular complexity index is 460. The molecule has 90 valence electrons. The Morgan fingerprint density at radius 3 is 2.47 bits per heavy atom. The summed E-state index contributed by atoms with van der Waals surface area (Å²) >= 11 is 0. The van der Waals surface area contributed by atoms with Gasteiger partial charge in [0.05, 0.1) is 14.8 Å². The van der Waals surface area contributed by atoms with Crippen molar-refractivity contribution in [1.29, 1.82) is 0 Å². The highest BCUT2D eigenvalue weighted by atomic mass is 28.3. The molecule has 1 aromatic rings. The van der Waals surface area contributed by atoms with Crippen molar-refractivity contribution >= 4 is 8.80 Å². The minimum Gasteiger partial charge on any atom is -0.370 e. The van der Waals surface area contributed by atoms with E-state index in [1.165, 1.54) is 16.3 Å². The van der Waals surface area contributed by atoms with E-state index in [1.54, 1.807) is 0 Å². The lowest BCUT2D eigenvalue weighted by atomic mass is 9.99. The van der Waals surface area contributed by atoms with Crippen LogP contribution in [-0.4, -0.2) is 20.7 Å². The van der Waals surface area contributed by atoms with Crippen molar-refractivity contribution in [3.05, 3.63) is 58.9 Å². The molecular weight excluding hydrogens is 222 g/mol. The Morgan fingerprint density at radius 2 is 1.88 bits per heavy atom. The van der Waals surface area contributed by atoms with Gasteiger partial charge < -0.3 is 4.90 Å². The molecule has 0 spiro atoms. The van der Waals surface area contributed by atoms with Crippen molar-refractivity contribution in [2.45, 2.75) is 26.1 Å². The lowest BCUT2D eigenvalue weighted by molar-refractivity contribution is 0.387. The van der Waals surface area contributed by atoms with Crippen LogP contribution < -0.4 is 0 Å². The van der Waals surface area contributed by atoms with Gasteiger partial charge in [-0.15, -0.1) is 0 Å². The molecule has 0 saturated carbocycles. The van der Waals surface area contributed by atoms with Crippen LogP contribution in [0.2, 0.25) is 13.1 Å². The molecule has 1 atom stereocenters. The number of benzene rings is 1. The zero-order chi connectivity index (χ0) is 12.4. The van der Waals surface area contributed by atoms with E-state index in [4.69, 9.17) is 0 Å². The van der Waals surface area contributed by atoms with E-state index >= 15 is 0 Å².